The first-order valence-electron chi connectivity index (χ1n) is 5.84. The van der Waals surface area contributed by atoms with Gasteiger partial charge in [-0.3, -0.25) is 9.78 Å². The van der Waals surface area contributed by atoms with Crippen LogP contribution in [0, 0.1) is 0 Å². The van der Waals surface area contributed by atoms with E-state index < -0.39 is 0 Å². The largest absolute Gasteiger partial charge is 0.330 e. The van der Waals surface area contributed by atoms with Gasteiger partial charge in [-0.1, -0.05) is 4.49 Å². The molecule has 1 amide bonds. The second kappa shape index (κ2) is 4.81. The molecule has 6 heteroatoms. The summed E-state index contributed by atoms with van der Waals surface area (Å²) in [5, 5.41) is 5.55. The van der Waals surface area contributed by atoms with Crippen LogP contribution in [0.3, 0.4) is 0 Å². The van der Waals surface area contributed by atoms with Gasteiger partial charge in [0.25, 0.3) is 5.91 Å². The molecule has 3 heterocycles. The Morgan fingerprint density at radius 1 is 1.39 bits per heavy atom. The van der Waals surface area contributed by atoms with Crippen LogP contribution in [-0.4, -0.2) is 31.9 Å². The van der Waals surface area contributed by atoms with E-state index in [0.717, 1.165) is 24.9 Å². The number of aromatic nitrogens is 3. The summed E-state index contributed by atoms with van der Waals surface area (Å²) in [5.74, 6) is -0.0249. The van der Waals surface area contributed by atoms with E-state index in [1.807, 2.05) is 17.0 Å². The lowest BCUT2D eigenvalue weighted by molar-refractivity contribution is 0.0729. The highest BCUT2D eigenvalue weighted by Gasteiger charge is 2.31. The summed E-state index contributed by atoms with van der Waals surface area (Å²) in [7, 11) is 0. The van der Waals surface area contributed by atoms with Crippen molar-refractivity contribution in [2.75, 3.05) is 6.54 Å². The highest BCUT2D eigenvalue weighted by molar-refractivity contribution is 7.03. The zero-order valence-electron chi connectivity index (χ0n) is 9.69. The zero-order chi connectivity index (χ0) is 12.4. The van der Waals surface area contributed by atoms with Crippen LogP contribution in [-0.2, 0) is 0 Å². The van der Waals surface area contributed by atoms with E-state index in [0.29, 0.717) is 5.69 Å². The molecule has 0 saturated carbocycles. The molecule has 0 aromatic carbocycles. The maximum absolute atomic E-state index is 12.3. The van der Waals surface area contributed by atoms with Gasteiger partial charge in [-0.2, -0.15) is 0 Å². The van der Waals surface area contributed by atoms with Gasteiger partial charge in [-0.25, -0.2) is 0 Å². The zero-order valence-corrected chi connectivity index (χ0v) is 10.5. The topological polar surface area (TPSA) is 59.0 Å². The van der Waals surface area contributed by atoms with Gasteiger partial charge in [0.1, 0.15) is 0 Å². The van der Waals surface area contributed by atoms with Crippen LogP contribution in [0.25, 0.3) is 0 Å². The number of likely N-dealkylation sites (tertiary alicyclic amines) is 1. The number of carbonyl (C=O) groups is 1. The minimum Gasteiger partial charge on any atom is -0.330 e. The van der Waals surface area contributed by atoms with Gasteiger partial charge in [0, 0.05) is 24.3 Å². The fourth-order valence-electron chi connectivity index (χ4n) is 2.35. The summed E-state index contributed by atoms with van der Waals surface area (Å²) in [6.07, 6.45) is 5.55. The van der Waals surface area contributed by atoms with E-state index in [4.69, 9.17) is 0 Å². The van der Waals surface area contributed by atoms with Gasteiger partial charge in [-0.05, 0) is 42.1 Å². The number of rotatable bonds is 2. The van der Waals surface area contributed by atoms with Crippen molar-refractivity contribution < 1.29 is 4.79 Å². The Balaban J connectivity index is 1.86. The first kappa shape index (κ1) is 11.3. The van der Waals surface area contributed by atoms with Gasteiger partial charge >= 0.3 is 0 Å². The van der Waals surface area contributed by atoms with Crippen LogP contribution in [0.4, 0.5) is 0 Å². The summed E-state index contributed by atoms with van der Waals surface area (Å²) in [6, 6.07) is 4.08. The predicted octanol–water partition coefficient (Wildman–Crippen LogP) is 1.91. The van der Waals surface area contributed by atoms with Crippen molar-refractivity contribution in [1.29, 1.82) is 0 Å². The number of amides is 1. The molecule has 0 N–H and O–H groups in total. The van der Waals surface area contributed by atoms with Crippen molar-refractivity contribution >= 4 is 17.4 Å². The molecule has 2 aromatic heterocycles. The first-order chi connectivity index (χ1) is 8.86. The van der Waals surface area contributed by atoms with Crippen LogP contribution in [0.2, 0.25) is 0 Å². The van der Waals surface area contributed by atoms with E-state index in [1.54, 1.807) is 17.8 Å². The number of nitrogens with zero attached hydrogens (tertiary/aromatic N) is 4. The first-order valence-corrected chi connectivity index (χ1v) is 6.68. The van der Waals surface area contributed by atoms with E-state index >= 15 is 0 Å². The molecule has 18 heavy (non-hydrogen) atoms. The molecule has 1 fully saturated rings. The van der Waals surface area contributed by atoms with Crippen LogP contribution in [0.15, 0.2) is 29.9 Å². The van der Waals surface area contributed by atoms with Crippen LogP contribution in [0.5, 0.6) is 0 Å². The number of hydrogen-bond acceptors (Lipinski definition) is 5. The molecule has 1 unspecified atom stereocenters. The van der Waals surface area contributed by atoms with Crippen molar-refractivity contribution in [2.45, 2.75) is 18.9 Å². The summed E-state index contributed by atoms with van der Waals surface area (Å²) >= 11 is 1.21. The van der Waals surface area contributed by atoms with Crippen molar-refractivity contribution in [1.82, 2.24) is 19.5 Å². The second-order valence-electron chi connectivity index (χ2n) is 4.23. The third-order valence-electron chi connectivity index (χ3n) is 3.18. The summed E-state index contributed by atoms with van der Waals surface area (Å²) in [5.41, 5.74) is 1.58. The molecule has 0 aliphatic carbocycles. The molecule has 1 atom stereocenters. The molecule has 1 aliphatic heterocycles. The Kier molecular flexibility index (Phi) is 3.02. The quantitative estimate of drug-likeness (QED) is 0.827. The highest BCUT2D eigenvalue weighted by atomic mass is 32.1. The minimum absolute atomic E-state index is 0.0249. The maximum Gasteiger partial charge on any atom is 0.275 e. The molecule has 1 aliphatic rings. The maximum atomic E-state index is 12.3. The normalized spacial score (nSPS) is 19.1. The van der Waals surface area contributed by atoms with E-state index in [2.05, 4.69) is 14.6 Å². The van der Waals surface area contributed by atoms with Gasteiger partial charge in [-0.15, -0.1) is 5.10 Å². The summed E-state index contributed by atoms with van der Waals surface area (Å²) in [4.78, 5) is 18.2. The van der Waals surface area contributed by atoms with Crippen LogP contribution >= 0.6 is 11.5 Å². The molecule has 1 saturated heterocycles. The predicted molar refractivity (Wildman–Crippen MR) is 67.2 cm³/mol. The fraction of sp³-hybridized carbons (Fsp3) is 0.333. The Labute approximate surface area is 109 Å². The molecule has 3 rings (SSSR count). The van der Waals surface area contributed by atoms with Crippen LogP contribution < -0.4 is 0 Å². The summed E-state index contributed by atoms with van der Waals surface area (Å²) in [6.45, 7) is 0.781. The van der Waals surface area contributed by atoms with Crippen molar-refractivity contribution in [3.05, 3.63) is 41.2 Å². The Bertz CT molecular complexity index is 528. The van der Waals surface area contributed by atoms with Crippen molar-refractivity contribution in [3.63, 3.8) is 0 Å². The third-order valence-corrected chi connectivity index (χ3v) is 3.69. The SMILES string of the molecule is O=C(c1csnn1)N1CCCC1c1ccncc1. The average molecular weight is 260 g/mol. The lowest BCUT2D eigenvalue weighted by Crippen LogP contribution is -2.30. The average Bonchev–Trinajstić information content (AvgIpc) is 3.10. The minimum atomic E-state index is -0.0249. The lowest BCUT2D eigenvalue weighted by atomic mass is 10.1. The van der Waals surface area contributed by atoms with E-state index in [-0.39, 0.29) is 11.9 Å². The Hall–Kier alpha value is -1.82. The van der Waals surface area contributed by atoms with Gasteiger partial charge in [0.2, 0.25) is 0 Å². The standard InChI is InChI=1S/C12H12N4OS/c17-12(10-8-18-15-14-10)16-7-1-2-11(16)9-3-5-13-6-4-9/h3-6,8,11H,1-2,7H2. The smallest absolute Gasteiger partial charge is 0.275 e. The molecular weight excluding hydrogens is 248 g/mol. The molecule has 92 valence electrons. The molecule has 0 spiro atoms. The second-order valence-corrected chi connectivity index (χ2v) is 4.84. The van der Waals surface area contributed by atoms with Gasteiger partial charge < -0.3 is 4.90 Å². The number of hydrogen-bond donors (Lipinski definition) is 0. The Morgan fingerprint density at radius 2 is 2.22 bits per heavy atom. The van der Waals surface area contributed by atoms with Gasteiger partial charge in [0.05, 0.1) is 6.04 Å². The monoisotopic (exact) mass is 260 g/mol. The molecule has 5 nitrogen and oxygen atoms in total. The third kappa shape index (κ3) is 1.99. The lowest BCUT2D eigenvalue weighted by Gasteiger charge is -2.23. The van der Waals surface area contributed by atoms with E-state index in [1.165, 1.54) is 11.5 Å². The van der Waals surface area contributed by atoms with E-state index in [9.17, 15) is 4.79 Å². The highest BCUT2D eigenvalue weighted by Crippen LogP contribution is 2.32. The number of pyridine rings is 1. The van der Waals surface area contributed by atoms with Crippen molar-refractivity contribution in [2.24, 2.45) is 0 Å². The molecule has 0 bridgehead atoms. The molecule has 0 radical (unpaired) electrons. The number of carbonyl (C=O) groups excluding carboxylic acids is 1. The van der Waals surface area contributed by atoms with Crippen LogP contribution in [0.1, 0.15) is 34.9 Å². The Morgan fingerprint density at radius 3 is 2.94 bits per heavy atom. The van der Waals surface area contributed by atoms with Crippen molar-refractivity contribution in [3.8, 4) is 0 Å². The van der Waals surface area contributed by atoms with Gasteiger partial charge in [0.15, 0.2) is 5.69 Å². The fourth-order valence-corrected chi connectivity index (χ4v) is 2.78. The molecular formula is C12H12N4OS. The molecule has 2 aromatic rings. The summed E-state index contributed by atoms with van der Waals surface area (Å²) < 4.78 is 3.75.